The van der Waals surface area contributed by atoms with Crippen LogP contribution in [0.1, 0.15) is 15.9 Å². The third-order valence-corrected chi connectivity index (χ3v) is 2.31. The molecule has 0 atom stereocenters. The summed E-state index contributed by atoms with van der Waals surface area (Å²) in [6.45, 7) is 0. The van der Waals surface area contributed by atoms with Gasteiger partial charge in [0.15, 0.2) is 0 Å². The quantitative estimate of drug-likeness (QED) is 0.597. The average molecular weight is 254 g/mol. The van der Waals surface area contributed by atoms with Crippen LogP contribution in [0.15, 0.2) is 23.1 Å². The summed E-state index contributed by atoms with van der Waals surface area (Å²) in [5, 5.41) is 0. The molecule has 0 aliphatic heterocycles. The molecule has 0 aliphatic carbocycles. The van der Waals surface area contributed by atoms with E-state index < -0.39 is 34.8 Å². The van der Waals surface area contributed by atoms with E-state index in [-0.39, 0.29) is 5.56 Å². The molecule has 0 heterocycles. The first kappa shape index (κ1) is 12.8. The summed E-state index contributed by atoms with van der Waals surface area (Å²) in [6.07, 6.45) is -4.71. The number of carbonyl (C=O) groups is 1. The van der Waals surface area contributed by atoms with Gasteiger partial charge in [-0.25, -0.2) is 4.79 Å². The number of esters is 1. The van der Waals surface area contributed by atoms with E-state index in [4.69, 9.17) is 0 Å². The molecular formula is C9H6F4O2S. The van der Waals surface area contributed by atoms with Crippen molar-refractivity contribution in [2.75, 3.05) is 7.11 Å². The van der Waals surface area contributed by atoms with Gasteiger partial charge >= 0.3 is 12.1 Å². The van der Waals surface area contributed by atoms with Crippen LogP contribution in [0.25, 0.3) is 0 Å². The lowest BCUT2D eigenvalue weighted by atomic mass is 10.1. The van der Waals surface area contributed by atoms with Crippen molar-refractivity contribution >= 4 is 18.1 Å². The highest BCUT2D eigenvalue weighted by molar-refractivity contribution is 7.94. The molecule has 0 radical (unpaired) electrons. The number of hydrogen-bond acceptors (Lipinski definition) is 3. The third-order valence-electron chi connectivity index (χ3n) is 1.79. The molecule has 2 nitrogen and oxygen atoms in total. The van der Waals surface area contributed by atoms with E-state index >= 15 is 0 Å². The second kappa shape index (κ2) is 4.73. The first-order chi connectivity index (χ1) is 7.40. The van der Waals surface area contributed by atoms with Crippen molar-refractivity contribution in [3.8, 4) is 0 Å². The number of methoxy groups -OCH3 is 1. The maximum Gasteiger partial charge on any atom is 0.417 e. The number of carbonyl (C=O) groups excluding carboxylic acids is 1. The van der Waals surface area contributed by atoms with Crippen molar-refractivity contribution in [1.29, 1.82) is 0 Å². The molecule has 1 aromatic carbocycles. The van der Waals surface area contributed by atoms with Gasteiger partial charge in [0.2, 0.25) is 0 Å². The smallest absolute Gasteiger partial charge is 0.417 e. The van der Waals surface area contributed by atoms with Gasteiger partial charge < -0.3 is 4.74 Å². The molecule has 0 unspecified atom stereocenters. The Morgan fingerprint density at radius 1 is 1.38 bits per heavy atom. The predicted molar refractivity (Wildman–Crippen MR) is 49.7 cm³/mol. The van der Waals surface area contributed by atoms with E-state index in [0.29, 0.717) is 6.07 Å². The highest BCUT2D eigenvalue weighted by Crippen LogP contribution is 2.37. The summed E-state index contributed by atoms with van der Waals surface area (Å²) in [5.74, 6) is -0.902. The average Bonchev–Trinajstić information content (AvgIpc) is 2.26. The van der Waals surface area contributed by atoms with Crippen LogP contribution in [0.5, 0.6) is 0 Å². The molecule has 0 aliphatic rings. The SMILES string of the molecule is COC(=O)c1ccc(SF)c(C(F)(F)F)c1. The van der Waals surface area contributed by atoms with Gasteiger partial charge in [-0.1, -0.05) is 0 Å². The summed E-state index contributed by atoms with van der Waals surface area (Å²) >= 11 is -0.522. The molecular weight excluding hydrogens is 248 g/mol. The van der Waals surface area contributed by atoms with E-state index in [1.165, 1.54) is 0 Å². The second-order valence-corrected chi connectivity index (χ2v) is 3.37. The summed E-state index contributed by atoms with van der Waals surface area (Å²) in [5.41, 5.74) is -1.46. The predicted octanol–water partition coefficient (Wildman–Crippen LogP) is 3.47. The Bertz CT molecular complexity index is 403. The highest BCUT2D eigenvalue weighted by atomic mass is 32.2. The van der Waals surface area contributed by atoms with Crippen molar-refractivity contribution in [2.24, 2.45) is 0 Å². The fourth-order valence-corrected chi connectivity index (χ4v) is 1.44. The maximum absolute atomic E-state index is 12.5. The number of hydrogen-bond donors (Lipinski definition) is 0. The Balaban J connectivity index is 3.27. The van der Waals surface area contributed by atoms with E-state index in [2.05, 4.69) is 4.74 Å². The zero-order valence-electron chi connectivity index (χ0n) is 7.97. The fourth-order valence-electron chi connectivity index (χ4n) is 1.06. The van der Waals surface area contributed by atoms with Crippen LogP contribution in [0.3, 0.4) is 0 Å². The van der Waals surface area contributed by atoms with E-state index in [1.54, 1.807) is 0 Å². The Labute approximate surface area is 92.9 Å². The minimum absolute atomic E-state index is 0.271. The van der Waals surface area contributed by atoms with Gasteiger partial charge in [0.25, 0.3) is 0 Å². The highest BCUT2D eigenvalue weighted by Gasteiger charge is 2.34. The second-order valence-electron chi connectivity index (χ2n) is 2.78. The molecule has 1 aromatic rings. The van der Waals surface area contributed by atoms with Gasteiger partial charge in [-0.05, 0) is 18.2 Å². The summed E-state index contributed by atoms with van der Waals surface area (Å²) < 4.78 is 53.9. The lowest BCUT2D eigenvalue weighted by Crippen LogP contribution is -2.09. The number of benzene rings is 1. The topological polar surface area (TPSA) is 26.3 Å². The van der Waals surface area contributed by atoms with Crippen LogP contribution in [0.4, 0.5) is 17.1 Å². The van der Waals surface area contributed by atoms with Crippen molar-refractivity contribution in [3.05, 3.63) is 29.3 Å². The van der Waals surface area contributed by atoms with Crippen LogP contribution in [-0.2, 0) is 10.9 Å². The standard InChI is InChI=1S/C9H6F4O2S/c1-15-8(14)5-2-3-7(16-13)6(4-5)9(10,11)12/h2-4H,1H3. The number of ether oxygens (including phenoxy) is 1. The number of alkyl halides is 3. The molecule has 0 amide bonds. The van der Waals surface area contributed by atoms with Gasteiger partial charge in [-0.15, -0.1) is 0 Å². The van der Waals surface area contributed by atoms with E-state index in [9.17, 15) is 21.9 Å². The van der Waals surface area contributed by atoms with Gasteiger partial charge in [0.05, 0.1) is 35.3 Å². The largest absolute Gasteiger partial charge is 0.465 e. The Morgan fingerprint density at radius 2 is 2.00 bits per heavy atom. The van der Waals surface area contributed by atoms with Crippen molar-refractivity contribution in [1.82, 2.24) is 0 Å². The summed E-state index contributed by atoms with van der Waals surface area (Å²) in [7, 11) is 1.05. The number of halogens is 4. The lowest BCUT2D eigenvalue weighted by Gasteiger charge is -2.10. The van der Waals surface area contributed by atoms with Crippen LogP contribution in [-0.4, -0.2) is 13.1 Å². The molecule has 0 N–H and O–H groups in total. The molecule has 16 heavy (non-hydrogen) atoms. The minimum atomic E-state index is -4.71. The molecule has 0 aromatic heterocycles. The van der Waals surface area contributed by atoms with E-state index in [1.807, 2.05) is 0 Å². The first-order valence-corrected chi connectivity index (χ1v) is 4.70. The van der Waals surface area contributed by atoms with Crippen LogP contribution in [0, 0.1) is 0 Å². The molecule has 0 fully saturated rings. The van der Waals surface area contributed by atoms with Gasteiger partial charge in [-0.3, -0.25) is 0 Å². The van der Waals surface area contributed by atoms with Crippen molar-refractivity contribution in [2.45, 2.75) is 11.1 Å². The van der Waals surface area contributed by atoms with Crippen molar-refractivity contribution in [3.63, 3.8) is 0 Å². The minimum Gasteiger partial charge on any atom is -0.465 e. The molecule has 7 heteroatoms. The molecule has 0 bridgehead atoms. The third kappa shape index (κ3) is 2.66. The van der Waals surface area contributed by atoms with Crippen LogP contribution < -0.4 is 0 Å². The zero-order valence-corrected chi connectivity index (χ0v) is 8.79. The Hall–Kier alpha value is -1.24. The molecule has 88 valence electrons. The van der Waals surface area contributed by atoms with E-state index in [0.717, 1.165) is 19.2 Å². The van der Waals surface area contributed by atoms with Gasteiger partial charge in [-0.2, -0.15) is 17.1 Å². The van der Waals surface area contributed by atoms with Crippen LogP contribution >= 0.6 is 12.1 Å². The normalized spacial score (nSPS) is 11.3. The zero-order chi connectivity index (χ0) is 12.3. The Kier molecular flexibility index (Phi) is 3.79. The van der Waals surface area contributed by atoms with Gasteiger partial charge in [0.1, 0.15) is 0 Å². The van der Waals surface area contributed by atoms with Crippen molar-refractivity contribution < 1.29 is 26.6 Å². The molecule has 1 rings (SSSR count). The monoisotopic (exact) mass is 254 g/mol. The number of rotatable bonds is 2. The first-order valence-electron chi connectivity index (χ1n) is 3.98. The molecule has 0 saturated carbocycles. The maximum atomic E-state index is 12.5. The molecule has 0 saturated heterocycles. The van der Waals surface area contributed by atoms with Crippen LogP contribution in [0.2, 0.25) is 0 Å². The van der Waals surface area contributed by atoms with Gasteiger partial charge in [0, 0.05) is 0 Å². The summed E-state index contributed by atoms with van der Waals surface area (Å²) in [6, 6.07) is 2.52. The summed E-state index contributed by atoms with van der Waals surface area (Å²) in [4.78, 5) is 10.4. The lowest BCUT2D eigenvalue weighted by molar-refractivity contribution is -0.139. The Morgan fingerprint density at radius 3 is 2.44 bits per heavy atom. The molecule has 0 spiro atoms. The fraction of sp³-hybridized carbons (Fsp3) is 0.222.